The predicted octanol–water partition coefficient (Wildman–Crippen LogP) is 3.49. The summed E-state index contributed by atoms with van der Waals surface area (Å²) in [6.45, 7) is 7.89. The van der Waals surface area contributed by atoms with Gasteiger partial charge in [0.15, 0.2) is 5.78 Å². The Bertz CT molecular complexity index is 698. The van der Waals surface area contributed by atoms with Crippen molar-refractivity contribution < 1.29 is 19.5 Å². The lowest BCUT2D eigenvalue weighted by Crippen LogP contribution is -2.63. The molecule has 0 heterocycles. The number of Topliss-reactive ketones (excluding diaryl/α,β-unsaturated/α-hetero) is 3. The Hall–Kier alpha value is -1.03. The summed E-state index contributed by atoms with van der Waals surface area (Å²) in [6.07, 6.45) is 5.49. The van der Waals surface area contributed by atoms with Crippen LogP contribution in [0.25, 0.3) is 0 Å². The number of rotatable bonds is 1. The molecule has 4 aliphatic carbocycles. The first-order valence-corrected chi connectivity index (χ1v) is 10.3. The van der Waals surface area contributed by atoms with Gasteiger partial charge >= 0.3 is 0 Å². The van der Waals surface area contributed by atoms with Crippen molar-refractivity contribution in [3.8, 4) is 0 Å². The lowest BCUT2D eigenvalue weighted by atomic mass is 9.40. The maximum Gasteiger partial charge on any atom is 0.161 e. The predicted molar refractivity (Wildman–Crippen MR) is 97.4 cm³/mol. The summed E-state index contributed by atoms with van der Waals surface area (Å²) in [5.74, 6) is 0.797. The van der Waals surface area contributed by atoms with Crippen molar-refractivity contribution in [1.82, 2.24) is 0 Å². The Labute approximate surface area is 156 Å². The molecule has 0 radical (unpaired) electrons. The molecule has 4 rings (SSSR count). The Balaban J connectivity index is 1.76. The van der Waals surface area contributed by atoms with Gasteiger partial charge in [0.1, 0.15) is 17.2 Å². The standard InChI is InChI=1S/C22H32O4/c1-13(23)22(26)10-7-16-15-6-8-19(2)11-14(24)5-9-20(19,3)18(15)17(25)12-21(16,22)4/h15-16,18,26H,5-12H2,1-4H3/t15-,16+,18+,19-,20+,21+,22-/m0/s1. The number of ketones is 3. The van der Waals surface area contributed by atoms with Gasteiger partial charge in [-0.25, -0.2) is 0 Å². The van der Waals surface area contributed by atoms with E-state index in [9.17, 15) is 19.5 Å². The number of hydrogen-bond donors (Lipinski definition) is 1. The van der Waals surface area contributed by atoms with Gasteiger partial charge in [-0.3, -0.25) is 14.4 Å². The Kier molecular flexibility index (Phi) is 3.72. The fraction of sp³-hybridized carbons (Fsp3) is 0.864. The average Bonchev–Trinajstić information content (AvgIpc) is 2.81. The van der Waals surface area contributed by atoms with Crippen LogP contribution in [-0.4, -0.2) is 28.1 Å². The number of hydrogen-bond acceptors (Lipinski definition) is 4. The highest BCUT2D eigenvalue weighted by Crippen LogP contribution is 2.70. The minimum absolute atomic E-state index is 0.0262. The molecule has 4 fully saturated rings. The van der Waals surface area contributed by atoms with E-state index in [0.29, 0.717) is 31.5 Å². The molecule has 0 aromatic heterocycles. The van der Waals surface area contributed by atoms with E-state index in [1.807, 2.05) is 6.92 Å². The van der Waals surface area contributed by atoms with Gasteiger partial charge in [-0.2, -0.15) is 0 Å². The van der Waals surface area contributed by atoms with Crippen LogP contribution in [0.2, 0.25) is 0 Å². The summed E-state index contributed by atoms with van der Waals surface area (Å²) >= 11 is 0. The quantitative estimate of drug-likeness (QED) is 0.777. The molecular formula is C22H32O4. The molecule has 0 spiro atoms. The molecule has 0 aromatic rings. The minimum atomic E-state index is -1.36. The van der Waals surface area contributed by atoms with Crippen LogP contribution in [-0.2, 0) is 14.4 Å². The smallest absolute Gasteiger partial charge is 0.161 e. The maximum absolute atomic E-state index is 13.5. The molecule has 4 heteroatoms. The molecule has 0 amide bonds. The van der Waals surface area contributed by atoms with E-state index in [4.69, 9.17) is 0 Å². The molecule has 144 valence electrons. The summed E-state index contributed by atoms with van der Waals surface area (Å²) < 4.78 is 0. The monoisotopic (exact) mass is 360 g/mol. The van der Waals surface area contributed by atoms with Crippen LogP contribution in [0, 0.1) is 34.0 Å². The largest absolute Gasteiger partial charge is 0.381 e. The molecule has 4 saturated carbocycles. The third-order valence-electron chi connectivity index (χ3n) is 9.60. The van der Waals surface area contributed by atoms with E-state index in [0.717, 1.165) is 25.7 Å². The SMILES string of the molecule is CC(=O)[C@@]1(O)CC[C@@H]2[C@@H]3CC[C@@]4(C)CC(=O)CC[C@]4(C)[C@H]3C(=O)C[C@]21C. The number of fused-ring (bicyclic) bond motifs is 5. The zero-order valence-electron chi connectivity index (χ0n) is 16.6. The van der Waals surface area contributed by atoms with Crippen molar-refractivity contribution in [2.45, 2.75) is 84.7 Å². The first-order chi connectivity index (χ1) is 12.0. The normalized spacial score (nSPS) is 53.7. The molecular weight excluding hydrogens is 328 g/mol. The average molecular weight is 360 g/mol. The highest BCUT2D eigenvalue weighted by Gasteiger charge is 2.70. The van der Waals surface area contributed by atoms with Crippen molar-refractivity contribution in [2.24, 2.45) is 34.0 Å². The van der Waals surface area contributed by atoms with Crippen molar-refractivity contribution in [1.29, 1.82) is 0 Å². The fourth-order valence-corrected chi connectivity index (χ4v) is 7.77. The van der Waals surface area contributed by atoms with Gasteiger partial charge in [0.25, 0.3) is 0 Å². The van der Waals surface area contributed by atoms with Gasteiger partial charge in [0.05, 0.1) is 0 Å². The van der Waals surface area contributed by atoms with Crippen molar-refractivity contribution in [3.05, 3.63) is 0 Å². The van der Waals surface area contributed by atoms with Crippen LogP contribution in [0.1, 0.15) is 79.1 Å². The number of aliphatic hydroxyl groups is 1. The zero-order chi connectivity index (χ0) is 19.1. The molecule has 7 atom stereocenters. The van der Waals surface area contributed by atoms with Crippen molar-refractivity contribution in [2.75, 3.05) is 0 Å². The van der Waals surface area contributed by atoms with Crippen LogP contribution in [0.15, 0.2) is 0 Å². The third-order valence-corrected chi connectivity index (χ3v) is 9.60. The summed E-state index contributed by atoms with van der Waals surface area (Å²) in [7, 11) is 0. The number of carbonyl (C=O) groups excluding carboxylic acids is 3. The summed E-state index contributed by atoms with van der Waals surface area (Å²) in [5, 5.41) is 11.2. The molecule has 0 bridgehead atoms. The third kappa shape index (κ3) is 1.97. The first-order valence-electron chi connectivity index (χ1n) is 10.3. The second kappa shape index (κ2) is 5.27. The van der Waals surface area contributed by atoms with Crippen LogP contribution in [0.3, 0.4) is 0 Å². The van der Waals surface area contributed by atoms with E-state index in [2.05, 4.69) is 13.8 Å². The lowest BCUT2D eigenvalue weighted by molar-refractivity contribution is -0.187. The highest BCUT2D eigenvalue weighted by molar-refractivity contribution is 5.91. The van der Waals surface area contributed by atoms with E-state index >= 15 is 0 Å². The molecule has 4 nitrogen and oxygen atoms in total. The van der Waals surface area contributed by atoms with Gasteiger partial charge < -0.3 is 5.11 Å². The minimum Gasteiger partial charge on any atom is -0.381 e. The molecule has 1 N–H and O–H groups in total. The zero-order valence-corrected chi connectivity index (χ0v) is 16.6. The molecule has 0 aromatic carbocycles. The van der Waals surface area contributed by atoms with Gasteiger partial charge in [-0.05, 0) is 61.7 Å². The van der Waals surface area contributed by atoms with E-state index < -0.39 is 11.0 Å². The Morgan fingerprint density at radius 2 is 1.69 bits per heavy atom. The van der Waals surface area contributed by atoms with Crippen LogP contribution in [0.4, 0.5) is 0 Å². The van der Waals surface area contributed by atoms with Crippen LogP contribution >= 0.6 is 0 Å². The van der Waals surface area contributed by atoms with Crippen molar-refractivity contribution >= 4 is 17.3 Å². The molecule has 4 aliphatic rings. The highest BCUT2D eigenvalue weighted by atomic mass is 16.3. The van der Waals surface area contributed by atoms with Gasteiger partial charge in [0.2, 0.25) is 0 Å². The topological polar surface area (TPSA) is 71.4 Å². The molecule has 26 heavy (non-hydrogen) atoms. The van der Waals surface area contributed by atoms with Gasteiger partial charge in [-0.1, -0.05) is 20.8 Å². The Morgan fingerprint density at radius 3 is 2.35 bits per heavy atom. The van der Waals surface area contributed by atoms with Crippen LogP contribution in [0.5, 0.6) is 0 Å². The van der Waals surface area contributed by atoms with E-state index in [1.54, 1.807) is 0 Å². The molecule has 0 aliphatic heterocycles. The van der Waals surface area contributed by atoms with Crippen LogP contribution < -0.4 is 0 Å². The van der Waals surface area contributed by atoms with Gasteiger partial charge in [0, 0.05) is 30.6 Å². The summed E-state index contributed by atoms with van der Waals surface area (Å²) in [4.78, 5) is 37.9. The summed E-state index contributed by atoms with van der Waals surface area (Å²) in [6, 6.07) is 0. The first kappa shape index (κ1) is 18.3. The molecule has 0 unspecified atom stereocenters. The maximum atomic E-state index is 13.5. The van der Waals surface area contributed by atoms with Crippen molar-refractivity contribution in [3.63, 3.8) is 0 Å². The lowest BCUT2D eigenvalue weighted by Gasteiger charge is -2.63. The molecule has 0 saturated heterocycles. The van der Waals surface area contributed by atoms with E-state index in [-0.39, 0.29) is 40.2 Å². The number of carbonyl (C=O) groups is 3. The Morgan fingerprint density at radius 1 is 1.00 bits per heavy atom. The second-order valence-corrected chi connectivity index (χ2v) is 10.5. The van der Waals surface area contributed by atoms with E-state index in [1.165, 1.54) is 6.92 Å². The second-order valence-electron chi connectivity index (χ2n) is 10.5. The summed E-state index contributed by atoms with van der Waals surface area (Å²) in [5.41, 5.74) is -2.23. The fourth-order valence-electron chi connectivity index (χ4n) is 7.77. The van der Waals surface area contributed by atoms with Gasteiger partial charge in [-0.15, -0.1) is 0 Å².